The quantitative estimate of drug-likeness (QED) is 0.108. The molecule has 4 atom stereocenters. The van der Waals surface area contributed by atoms with Gasteiger partial charge in [0.2, 0.25) is 0 Å². The minimum atomic E-state index is -1.85. The van der Waals surface area contributed by atoms with E-state index in [0.29, 0.717) is 0 Å². The van der Waals surface area contributed by atoms with Crippen LogP contribution in [0.1, 0.15) is 26.9 Å². The Kier molecular flexibility index (Phi) is 7.52. The van der Waals surface area contributed by atoms with Gasteiger partial charge in [0.25, 0.3) is 5.56 Å². The molecule has 0 spiro atoms. The van der Waals surface area contributed by atoms with E-state index in [1.165, 1.54) is 24.3 Å². The molecule has 3 aromatic rings. The molecular weight excluding hydrogens is 585 g/mol. The smallest absolute Gasteiger partial charge is 0.338 e. The highest BCUT2D eigenvalue weighted by Gasteiger charge is 2.60. The number of carbonyl (C=O) groups excluding carboxylic acids is 2. The Morgan fingerprint density at radius 2 is 1.61 bits per heavy atom. The molecule has 1 saturated heterocycles. The van der Waals surface area contributed by atoms with Gasteiger partial charge in [-0.25, -0.2) is 14.4 Å². The Hall–Kier alpha value is -3.94. The molecule has 1 aromatic heterocycles. The molecule has 3 unspecified atom stereocenters. The Labute approximate surface area is 216 Å². The molecule has 2 heterocycles. The maximum absolute atomic E-state index is 13.0. The molecular formula is C23H18IN5O7. The number of rotatable bonds is 7. The SMILES string of the molecule is [N-]=[N+]=N[C@]1(CI)OC(n2ccc(=O)[nH]c2=O)C(OC(=O)c2ccccc2)C1OC(=O)c1ccccc1. The molecule has 0 bridgehead atoms. The molecule has 0 amide bonds. The first-order chi connectivity index (χ1) is 17.4. The molecule has 36 heavy (non-hydrogen) atoms. The van der Waals surface area contributed by atoms with E-state index in [0.717, 1.165) is 16.8 Å². The average molecular weight is 603 g/mol. The van der Waals surface area contributed by atoms with Crippen molar-refractivity contribution in [2.24, 2.45) is 5.11 Å². The molecule has 0 aliphatic carbocycles. The first-order valence-electron chi connectivity index (χ1n) is 10.5. The maximum atomic E-state index is 13.0. The summed E-state index contributed by atoms with van der Waals surface area (Å²) in [5.41, 5.74) is 6.31. The van der Waals surface area contributed by atoms with Gasteiger partial charge in [0.1, 0.15) is 0 Å². The highest BCUT2D eigenvalue weighted by Crippen LogP contribution is 2.43. The Bertz CT molecular complexity index is 1420. The molecule has 0 radical (unpaired) electrons. The van der Waals surface area contributed by atoms with E-state index >= 15 is 0 Å². The van der Waals surface area contributed by atoms with E-state index in [2.05, 4.69) is 15.0 Å². The largest absolute Gasteiger partial charge is 0.451 e. The van der Waals surface area contributed by atoms with Gasteiger partial charge in [-0.2, -0.15) is 0 Å². The van der Waals surface area contributed by atoms with Crippen molar-refractivity contribution in [1.82, 2.24) is 9.55 Å². The van der Waals surface area contributed by atoms with Crippen molar-refractivity contribution in [3.63, 3.8) is 0 Å². The summed E-state index contributed by atoms with van der Waals surface area (Å²) in [6, 6.07) is 17.1. The van der Waals surface area contributed by atoms with Gasteiger partial charge in [-0.15, -0.1) is 0 Å². The summed E-state index contributed by atoms with van der Waals surface area (Å²) in [5.74, 6) is -1.58. The number of aromatic nitrogens is 2. The number of hydrogen-bond donors (Lipinski definition) is 1. The number of benzene rings is 2. The third kappa shape index (κ3) is 5.03. The fraction of sp³-hybridized carbons (Fsp3) is 0.217. The summed E-state index contributed by atoms with van der Waals surface area (Å²) in [7, 11) is 0. The van der Waals surface area contributed by atoms with Crippen LogP contribution in [0.3, 0.4) is 0 Å². The number of ether oxygens (including phenoxy) is 3. The first-order valence-corrected chi connectivity index (χ1v) is 12.0. The van der Waals surface area contributed by atoms with Crippen LogP contribution in [0, 0.1) is 0 Å². The molecule has 0 saturated carbocycles. The van der Waals surface area contributed by atoms with Crippen molar-refractivity contribution in [3.05, 3.63) is 115 Å². The summed E-state index contributed by atoms with van der Waals surface area (Å²) in [4.78, 5) is 55.2. The number of hydrogen-bond acceptors (Lipinski definition) is 8. The summed E-state index contributed by atoms with van der Waals surface area (Å²) in [6.07, 6.45) is -3.15. The van der Waals surface area contributed by atoms with Gasteiger partial charge in [-0.05, 0) is 29.8 Å². The zero-order chi connectivity index (χ0) is 25.7. The topological polar surface area (TPSA) is 165 Å². The van der Waals surface area contributed by atoms with Gasteiger partial charge >= 0.3 is 17.6 Å². The number of carbonyl (C=O) groups is 2. The standard InChI is InChI=1S/C23H18IN5O7/c24-13-23(27-28-25)18(35-21(32)15-9-5-2-6-10-15)17(34-20(31)14-7-3-1-4-8-14)19(36-23)29-12-11-16(30)26-22(29)33/h1-12,17-19H,13H2,(H,26,30,33)/t17?,18?,19?,23-/m1/s1. The third-order valence-electron chi connectivity index (χ3n) is 5.38. The number of esters is 2. The van der Waals surface area contributed by atoms with Crippen LogP contribution >= 0.6 is 22.6 Å². The Morgan fingerprint density at radius 1 is 1.03 bits per heavy atom. The molecule has 1 aliphatic heterocycles. The Morgan fingerprint density at radius 3 is 2.14 bits per heavy atom. The van der Waals surface area contributed by atoms with Crippen LogP contribution in [0.5, 0.6) is 0 Å². The number of halogens is 1. The molecule has 184 valence electrons. The van der Waals surface area contributed by atoms with Crippen LogP contribution < -0.4 is 11.2 Å². The van der Waals surface area contributed by atoms with Gasteiger partial charge in [-0.1, -0.05) is 64.1 Å². The van der Waals surface area contributed by atoms with Gasteiger partial charge in [-0.3, -0.25) is 14.3 Å². The number of nitrogens with one attached hydrogen (secondary N) is 1. The molecule has 4 rings (SSSR count). The van der Waals surface area contributed by atoms with Crippen molar-refractivity contribution in [1.29, 1.82) is 0 Å². The molecule has 2 aromatic carbocycles. The second-order valence-corrected chi connectivity index (χ2v) is 8.38. The second-order valence-electron chi connectivity index (χ2n) is 7.62. The summed E-state index contributed by atoms with van der Waals surface area (Å²) in [5, 5.41) is 3.75. The van der Waals surface area contributed by atoms with E-state index in [1.54, 1.807) is 36.4 Å². The third-order valence-corrected chi connectivity index (χ3v) is 6.47. The molecule has 1 fully saturated rings. The van der Waals surface area contributed by atoms with Crippen LogP contribution in [0.4, 0.5) is 0 Å². The van der Waals surface area contributed by atoms with E-state index in [4.69, 9.17) is 14.2 Å². The molecule has 13 heteroatoms. The molecule has 1 N–H and O–H groups in total. The number of azide groups is 1. The van der Waals surface area contributed by atoms with Gasteiger partial charge in [0, 0.05) is 21.6 Å². The van der Waals surface area contributed by atoms with Crippen molar-refractivity contribution in [2.45, 2.75) is 24.2 Å². The lowest BCUT2D eigenvalue weighted by molar-refractivity contribution is -0.0887. The number of nitrogens with zero attached hydrogens (tertiary/aromatic N) is 4. The number of alkyl halides is 1. The highest BCUT2D eigenvalue weighted by atomic mass is 127. The molecule has 12 nitrogen and oxygen atoms in total. The van der Waals surface area contributed by atoms with Crippen molar-refractivity contribution < 1.29 is 23.8 Å². The summed E-state index contributed by atoms with van der Waals surface area (Å²) >= 11 is 1.87. The lowest BCUT2D eigenvalue weighted by atomic mass is 10.1. The fourth-order valence-corrected chi connectivity index (χ4v) is 4.45. The Balaban J connectivity index is 1.82. The minimum Gasteiger partial charge on any atom is -0.451 e. The van der Waals surface area contributed by atoms with Crippen LogP contribution in [0.2, 0.25) is 0 Å². The van der Waals surface area contributed by atoms with Gasteiger partial charge in [0.15, 0.2) is 24.2 Å². The van der Waals surface area contributed by atoms with E-state index in [1.807, 2.05) is 22.6 Å². The predicted octanol–water partition coefficient (Wildman–Crippen LogP) is 2.96. The van der Waals surface area contributed by atoms with Crippen LogP contribution in [-0.4, -0.2) is 43.9 Å². The van der Waals surface area contributed by atoms with E-state index in [-0.39, 0.29) is 15.6 Å². The summed E-state index contributed by atoms with van der Waals surface area (Å²) < 4.78 is 18.4. The van der Waals surface area contributed by atoms with Crippen molar-refractivity contribution in [3.8, 4) is 0 Å². The monoisotopic (exact) mass is 603 g/mol. The zero-order valence-electron chi connectivity index (χ0n) is 18.4. The van der Waals surface area contributed by atoms with Crippen LogP contribution in [-0.2, 0) is 14.2 Å². The van der Waals surface area contributed by atoms with Gasteiger partial charge < -0.3 is 14.2 Å². The maximum Gasteiger partial charge on any atom is 0.338 e. The zero-order valence-corrected chi connectivity index (χ0v) is 20.5. The second kappa shape index (κ2) is 10.8. The number of H-pyrrole nitrogens is 1. The van der Waals surface area contributed by atoms with Gasteiger partial charge in [0.05, 0.1) is 11.1 Å². The number of aromatic amines is 1. The first kappa shape index (κ1) is 25.2. The predicted molar refractivity (Wildman–Crippen MR) is 133 cm³/mol. The lowest BCUT2D eigenvalue weighted by Gasteiger charge is -2.28. The normalized spacial score (nSPS) is 22.9. The van der Waals surface area contributed by atoms with E-state index in [9.17, 15) is 24.7 Å². The van der Waals surface area contributed by atoms with Crippen molar-refractivity contribution in [2.75, 3.05) is 4.43 Å². The minimum absolute atomic E-state index is 0.0322. The highest BCUT2D eigenvalue weighted by molar-refractivity contribution is 14.1. The van der Waals surface area contributed by atoms with Crippen LogP contribution in [0.25, 0.3) is 10.4 Å². The van der Waals surface area contributed by atoms with Crippen molar-refractivity contribution >= 4 is 34.5 Å². The lowest BCUT2D eigenvalue weighted by Crippen LogP contribution is -2.47. The average Bonchev–Trinajstić information content (AvgIpc) is 3.18. The molecule has 1 aliphatic rings. The summed E-state index contributed by atoms with van der Waals surface area (Å²) in [6.45, 7) is 0. The van der Waals surface area contributed by atoms with E-state index < -0.39 is 47.3 Å². The fourth-order valence-electron chi connectivity index (χ4n) is 3.69. The van der Waals surface area contributed by atoms with Crippen LogP contribution in [0.15, 0.2) is 87.6 Å².